The molecule has 8 heteroatoms. The second-order valence-electron chi connectivity index (χ2n) is 5.39. The van der Waals surface area contributed by atoms with Gasteiger partial charge in [-0.1, -0.05) is 0 Å². The number of urea groups is 1. The Morgan fingerprint density at radius 1 is 1.20 bits per heavy atom. The molecule has 7 nitrogen and oxygen atoms in total. The van der Waals surface area contributed by atoms with Crippen molar-refractivity contribution in [2.45, 2.75) is 12.8 Å². The third kappa shape index (κ3) is 4.32. The Morgan fingerprint density at radius 2 is 1.80 bits per heavy atom. The number of amides is 2. The molecule has 0 unspecified atom stereocenters. The minimum absolute atomic E-state index is 0.0427. The Morgan fingerprint density at radius 3 is 2.35 bits per heavy atom. The van der Waals surface area contributed by atoms with Crippen molar-refractivity contribution in [1.29, 1.82) is 0 Å². The van der Waals surface area contributed by atoms with Crippen LogP contribution in [0.2, 0.25) is 0 Å². The predicted molar refractivity (Wildman–Crippen MR) is 74.9 cm³/mol. The van der Waals surface area contributed by atoms with E-state index in [0.717, 1.165) is 12.8 Å². The fourth-order valence-corrected chi connectivity index (χ4v) is 3.43. The molecule has 2 fully saturated rings. The molecule has 0 atom stereocenters. The average Bonchev–Trinajstić information content (AvgIpc) is 2.45. The summed E-state index contributed by atoms with van der Waals surface area (Å²) >= 11 is 0. The lowest BCUT2D eigenvalue weighted by Gasteiger charge is -2.31. The summed E-state index contributed by atoms with van der Waals surface area (Å²) < 4.78 is 29.5. The largest absolute Gasteiger partial charge is 0.378 e. The quantitative estimate of drug-likeness (QED) is 0.776. The molecule has 0 spiro atoms. The summed E-state index contributed by atoms with van der Waals surface area (Å²) in [6.07, 6.45) is 2.85. The minimum atomic E-state index is -3.07. The molecule has 1 N–H and O–H groups in total. The summed E-state index contributed by atoms with van der Waals surface area (Å²) in [6, 6.07) is -0.0427. The lowest BCUT2D eigenvalue weighted by Crippen LogP contribution is -2.48. The zero-order chi connectivity index (χ0) is 14.6. The second-order valence-corrected chi connectivity index (χ2v) is 7.37. The number of morpholine rings is 1. The monoisotopic (exact) mass is 305 g/mol. The molecule has 0 aromatic rings. The molecule has 2 heterocycles. The van der Waals surface area contributed by atoms with Gasteiger partial charge in [-0.25, -0.2) is 17.5 Å². The Balaban J connectivity index is 1.69. The standard InChI is InChI=1S/C12H23N3O4S/c1-20(17,18)15-4-2-11(3-5-15)10-13-12(16)14-6-8-19-9-7-14/h11H,2-10H2,1H3,(H,13,16). The molecule has 0 saturated carbocycles. The van der Waals surface area contributed by atoms with Gasteiger partial charge in [0.15, 0.2) is 0 Å². The van der Waals surface area contributed by atoms with Crippen LogP contribution >= 0.6 is 0 Å². The first-order chi connectivity index (χ1) is 9.47. The van der Waals surface area contributed by atoms with Crippen LogP contribution in [-0.4, -0.2) is 75.8 Å². The van der Waals surface area contributed by atoms with E-state index >= 15 is 0 Å². The summed E-state index contributed by atoms with van der Waals surface area (Å²) in [7, 11) is -3.07. The van der Waals surface area contributed by atoms with Crippen LogP contribution in [0.4, 0.5) is 4.79 Å². The molecular weight excluding hydrogens is 282 g/mol. The number of hydrogen-bond donors (Lipinski definition) is 1. The van der Waals surface area contributed by atoms with Crippen LogP contribution in [0.25, 0.3) is 0 Å². The molecular formula is C12H23N3O4S. The van der Waals surface area contributed by atoms with Gasteiger partial charge in [0.1, 0.15) is 0 Å². The van der Waals surface area contributed by atoms with Gasteiger partial charge in [0.25, 0.3) is 0 Å². The van der Waals surface area contributed by atoms with E-state index in [0.29, 0.717) is 51.9 Å². The van der Waals surface area contributed by atoms with Crippen LogP contribution in [0.1, 0.15) is 12.8 Å². The molecule has 2 aliphatic rings. The number of carbonyl (C=O) groups excluding carboxylic acids is 1. The molecule has 0 aliphatic carbocycles. The molecule has 2 rings (SSSR count). The van der Waals surface area contributed by atoms with E-state index in [9.17, 15) is 13.2 Å². The van der Waals surface area contributed by atoms with Crippen LogP contribution in [0.15, 0.2) is 0 Å². The highest BCUT2D eigenvalue weighted by Crippen LogP contribution is 2.18. The highest BCUT2D eigenvalue weighted by Gasteiger charge is 2.25. The van der Waals surface area contributed by atoms with Crippen molar-refractivity contribution in [3.63, 3.8) is 0 Å². The SMILES string of the molecule is CS(=O)(=O)N1CCC(CNC(=O)N2CCOCC2)CC1. The van der Waals surface area contributed by atoms with E-state index in [4.69, 9.17) is 4.74 Å². The highest BCUT2D eigenvalue weighted by atomic mass is 32.2. The van der Waals surface area contributed by atoms with Gasteiger partial charge in [0, 0.05) is 32.7 Å². The molecule has 116 valence electrons. The smallest absolute Gasteiger partial charge is 0.317 e. The maximum absolute atomic E-state index is 11.9. The van der Waals surface area contributed by atoms with Gasteiger partial charge in [0.05, 0.1) is 19.5 Å². The molecule has 0 aromatic heterocycles. The molecule has 2 aliphatic heterocycles. The lowest BCUT2D eigenvalue weighted by atomic mass is 9.98. The zero-order valence-electron chi connectivity index (χ0n) is 11.9. The number of piperidine rings is 1. The Hall–Kier alpha value is -0.860. The van der Waals surface area contributed by atoms with E-state index < -0.39 is 10.0 Å². The van der Waals surface area contributed by atoms with E-state index in [-0.39, 0.29) is 6.03 Å². The maximum atomic E-state index is 11.9. The number of nitrogens with one attached hydrogen (secondary N) is 1. The summed E-state index contributed by atoms with van der Waals surface area (Å²) in [6.45, 7) is 4.19. The topological polar surface area (TPSA) is 79.0 Å². The van der Waals surface area contributed by atoms with Gasteiger partial charge in [0.2, 0.25) is 10.0 Å². The van der Waals surface area contributed by atoms with Gasteiger partial charge < -0.3 is 15.0 Å². The van der Waals surface area contributed by atoms with Crippen LogP contribution in [0, 0.1) is 5.92 Å². The number of carbonyl (C=O) groups is 1. The van der Waals surface area contributed by atoms with Crippen LogP contribution in [-0.2, 0) is 14.8 Å². The van der Waals surface area contributed by atoms with Gasteiger partial charge in [-0.3, -0.25) is 0 Å². The van der Waals surface area contributed by atoms with E-state index in [2.05, 4.69) is 5.32 Å². The van der Waals surface area contributed by atoms with Gasteiger partial charge in [-0.15, -0.1) is 0 Å². The molecule has 20 heavy (non-hydrogen) atoms. The van der Waals surface area contributed by atoms with Crippen LogP contribution in [0.5, 0.6) is 0 Å². The van der Waals surface area contributed by atoms with Crippen molar-refractivity contribution in [2.75, 3.05) is 52.2 Å². The van der Waals surface area contributed by atoms with Crippen molar-refractivity contribution in [3.8, 4) is 0 Å². The van der Waals surface area contributed by atoms with Gasteiger partial charge >= 0.3 is 6.03 Å². The van der Waals surface area contributed by atoms with Gasteiger partial charge in [-0.2, -0.15) is 0 Å². The lowest BCUT2D eigenvalue weighted by molar-refractivity contribution is 0.0528. The Labute approximate surface area is 120 Å². The van der Waals surface area contributed by atoms with Crippen molar-refractivity contribution in [2.24, 2.45) is 5.92 Å². The maximum Gasteiger partial charge on any atom is 0.317 e. The number of rotatable bonds is 3. The van der Waals surface area contributed by atoms with Crippen molar-refractivity contribution in [3.05, 3.63) is 0 Å². The molecule has 2 amide bonds. The van der Waals surface area contributed by atoms with Crippen molar-refractivity contribution >= 4 is 16.1 Å². The average molecular weight is 305 g/mol. The van der Waals surface area contributed by atoms with Crippen molar-refractivity contribution < 1.29 is 17.9 Å². The third-order valence-corrected chi connectivity index (χ3v) is 5.19. The fraction of sp³-hybridized carbons (Fsp3) is 0.917. The molecule has 2 saturated heterocycles. The van der Waals surface area contributed by atoms with E-state index in [1.807, 2.05) is 0 Å². The normalized spacial score (nSPS) is 22.8. The first-order valence-electron chi connectivity index (χ1n) is 7.02. The third-order valence-electron chi connectivity index (χ3n) is 3.88. The molecule has 0 aromatic carbocycles. The van der Waals surface area contributed by atoms with Crippen LogP contribution < -0.4 is 5.32 Å². The van der Waals surface area contributed by atoms with E-state index in [1.165, 1.54) is 10.6 Å². The highest BCUT2D eigenvalue weighted by molar-refractivity contribution is 7.88. The van der Waals surface area contributed by atoms with Crippen LogP contribution in [0.3, 0.4) is 0 Å². The predicted octanol–water partition coefficient (Wildman–Crippen LogP) is -0.300. The summed E-state index contributed by atoms with van der Waals surface area (Å²) in [5.74, 6) is 0.359. The number of hydrogen-bond acceptors (Lipinski definition) is 4. The molecule has 0 bridgehead atoms. The summed E-state index contributed by atoms with van der Waals surface area (Å²) in [4.78, 5) is 13.7. The zero-order valence-corrected chi connectivity index (χ0v) is 12.7. The van der Waals surface area contributed by atoms with Crippen molar-refractivity contribution in [1.82, 2.24) is 14.5 Å². The van der Waals surface area contributed by atoms with Gasteiger partial charge in [-0.05, 0) is 18.8 Å². The first kappa shape index (κ1) is 15.5. The Kier molecular flexibility index (Phi) is 5.22. The summed E-state index contributed by atoms with van der Waals surface area (Å²) in [5.41, 5.74) is 0. The number of sulfonamides is 1. The minimum Gasteiger partial charge on any atom is -0.378 e. The molecule has 0 radical (unpaired) electrons. The summed E-state index contributed by atoms with van der Waals surface area (Å²) in [5, 5.41) is 2.94. The first-order valence-corrected chi connectivity index (χ1v) is 8.87. The number of nitrogens with zero attached hydrogens (tertiary/aromatic N) is 2. The van der Waals surface area contributed by atoms with E-state index in [1.54, 1.807) is 4.90 Å². The Bertz CT molecular complexity index is 426. The fourth-order valence-electron chi connectivity index (χ4n) is 2.55. The second kappa shape index (κ2) is 6.73. The number of ether oxygens (including phenoxy) is 1.